The Morgan fingerprint density at radius 1 is 1.13 bits per heavy atom. The smallest absolute Gasteiger partial charge is 0.145 e. The molecule has 0 bridgehead atoms. The Kier molecular flexibility index (Phi) is 5.48. The number of nitrogens with zero attached hydrogens (tertiary/aromatic N) is 1. The molecule has 5 heteroatoms. The van der Waals surface area contributed by atoms with Gasteiger partial charge in [0.2, 0.25) is 0 Å². The highest BCUT2D eigenvalue weighted by molar-refractivity contribution is 5.85. The first-order chi connectivity index (χ1) is 14.0. The third-order valence-electron chi connectivity index (χ3n) is 8.73. The second-order valence-electron chi connectivity index (χ2n) is 11.4. The Morgan fingerprint density at radius 3 is 2.57 bits per heavy atom. The second-order valence-corrected chi connectivity index (χ2v) is 11.4. The average Bonchev–Trinajstić information content (AvgIpc) is 2.99. The van der Waals surface area contributed by atoms with Crippen LogP contribution in [0.1, 0.15) is 73.1 Å². The summed E-state index contributed by atoms with van der Waals surface area (Å²) in [6.07, 6.45) is 9.10. The second kappa shape index (κ2) is 7.46. The van der Waals surface area contributed by atoms with E-state index in [1.807, 2.05) is 0 Å². The van der Waals surface area contributed by atoms with Gasteiger partial charge in [-0.3, -0.25) is 0 Å². The maximum Gasteiger partial charge on any atom is 0.145 e. The van der Waals surface area contributed by atoms with Gasteiger partial charge in [0.05, 0.1) is 23.5 Å². The van der Waals surface area contributed by atoms with Crippen molar-refractivity contribution in [2.45, 2.75) is 91.0 Å². The number of aliphatic hydroxyl groups is 3. The van der Waals surface area contributed by atoms with Gasteiger partial charge in [-0.1, -0.05) is 42.3 Å². The van der Waals surface area contributed by atoms with E-state index in [0.29, 0.717) is 30.6 Å². The molecule has 3 saturated carbocycles. The summed E-state index contributed by atoms with van der Waals surface area (Å²) in [6, 6.07) is 0. The lowest BCUT2D eigenvalue weighted by Crippen LogP contribution is -2.49. The zero-order valence-corrected chi connectivity index (χ0v) is 19.2. The van der Waals surface area contributed by atoms with Gasteiger partial charge < -0.3 is 20.2 Å². The first-order valence-corrected chi connectivity index (χ1v) is 11.6. The predicted octanol–water partition coefficient (Wildman–Crippen LogP) is 3.98. The Bertz CT molecular complexity index is 779. The summed E-state index contributed by atoms with van der Waals surface area (Å²) in [5.41, 5.74) is 3.15. The fourth-order valence-corrected chi connectivity index (χ4v) is 7.07. The molecule has 0 amide bonds. The fourth-order valence-electron chi connectivity index (χ4n) is 7.07. The maximum absolute atomic E-state index is 10.4. The lowest BCUT2D eigenvalue weighted by Gasteiger charge is -2.55. The quantitative estimate of drug-likeness (QED) is 0.477. The number of oxime groups is 1. The van der Waals surface area contributed by atoms with E-state index < -0.39 is 17.8 Å². The number of hydrogen-bond donors (Lipinski definition) is 3. The molecule has 3 N–H and O–H groups in total. The van der Waals surface area contributed by atoms with E-state index in [9.17, 15) is 15.3 Å². The molecule has 5 nitrogen and oxygen atoms in total. The van der Waals surface area contributed by atoms with Crippen molar-refractivity contribution in [3.05, 3.63) is 23.3 Å². The van der Waals surface area contributed by atoms with E-state index in [0.717, 1.165) is 31.4 Å². The van der Waals surface area contributed by atoms with Crippen LogP contribution in [0.5, 0.6) is 0 Å². The highest BCUT2D eigenvalue weighted by Crippen LogP contribution is 2.65. The lowest BCUT2D eigenvalue weighted by molar-refractivity contribution is -0.0439. The Hall–Kier alpha value is -1.17. The van der Waals surface area contributed by atoms with Gasteiger partial charge in [-0.2, -0.15) is 0 Å². The summed E-state index contributed by atoms with van der Waals surface area (Å²) in [4.78, 5) is 5.47. The van der Waals surface area contributed by atoms with Crippen molar-refractivity contribution < 1.29 is 20.2 Å². The fraction of sp³-hybridized carbons (Fsp3) is 0.800. The van der Waals surface area contributed by atoms with Crippen molar-refractivity contribution in [2.75, 3.05) is 6.61 Å². The van der Waals surface area contributed by atoms with Crippen LogP contribution < -0.4 is 0 Å². The minimum absolute atomic E-state index is 0.0406. The molecular formula is C25H39NO4. The zero-order valence-electron chi connectivity index (χ0n) is 19.2. The molecular weight excluding hydrogens is 378 g/mol. The molecule has 2 unspecified atom stereocenters. The molecule has 30 heavy (non-hydrogen) atoms. The van der Waals surface area contributed by atoms with E-state index in [4.69, 9.17) is 4.84 Å². The van der Waals surface area contributed by atoms with Crippen molar-refractivity contribution in [1.82, 2.24) is 0 Å². The van der Waals surface area contributed by atoms with Crippen LogP contribution in [0.2, 0.25) is 0 Å². The first-order valence-electron chi connectivity index (χ1n) is 11.6. The molecule has 4 rings (SSSR count). The Balaban J connectivity index is 1.57. The molecule has 0 heterocycles. The third kappa shape index (κ3) is 3.57. The van der Waals surface area contributed by atoms with Crippen LogP contribution in [0.3, 0.4) is 0 Å². The van der Waals surface area contributed by atoms with Crippen molar-refractivity contribution in [1.29, 1.82) is 0 Å². The van der Waals surface area contributed by atoms with Crippen molar-refractivity contribution in [3.8, 4) is 0 Å². The summed E-state index contributed by atoms with van der Waals surface area (Å²) >= 11 is 0. The largest absolute Gasteiger partial charge is 0.393 e. The van der Waals surface area contributed by atoms with Crippen LogP contribution in [-0.2, 0) is 4.84 Å². The number of rotatable bonds is 4. The molecule has 0 radical (unpaired) electrons. The van der Waals surface area contributed by atoms with Gasteiger partial charge in [-0.15, -0.1) is 0 Å². The topological polar surface area (TPSA) is 82.3 Å². The number of aliphatic hydroxyl groups excluding tert-OH is 2. The van der Waals surface area contributed by atoms with Crippen molar-refractivity contribution >= 4 is 5.71 Å². The van der Waals surface area contributed by atoms with Gasteiger partial charge in [-0.25, -0.2) is 0 Å². The van der Waals surface area contributed by atoms with Crippen LogP contribution in [0.15, 0.2) is 28.5 Å². The summed E-state index contributed by atoms with van der Waals surface area (Å²) in [6.45, 7) is 10.4. The van der Waals surface area contributed by atoms with Crippen LogP contribution in [0, 0.1) is 28.6 Å². The monoisotopic (exact) mass is 417 g/mol. The summed E-state index contributed by atoms with van der Waals surface area (Å²) in [5, 5.41) is 34.9. The SMILES string of the molecule is CC(=NOCC(C)(C)O)[C@H]1CC[C@H]2C3=CC=C4CC(O)C(O)C[C@]4(C)[C@H]3CC[C@]12C. The number of allylic oxidation sites excluding steroid dienone is 3. The molecule has 0 aliphatic heterocycles. The van der Waals surface area contributed by atoms with Crippen LogP contribution in [0.25, 0.3) is 0 Å². The van der Waals surface area contributed by atoms with E-state index in [1.165, 1.54) is 5.57 Å². The first kappa shape index (κ1) is 22.0. The molecule has 0 saturated heterocycles. The minimum atomic E-state index is -0.880. The van der Waals surface area contributed by atoms with Gasteiger partial charge in [0.1, 0.15) is 6.61 Å². The predicted molar refractivity (Wildman–Crippen MR) is 118 cm³/mol. The van der Waals surface area contributed by atoms with Gasteiger partial charge >= 0.3 is 0 Å². The molecule has 0 aromatic rings. The highest BCUT2D eigenvalue weighted by atomic mass is 16.6. The van der Waals surface area contributed by atoms with E-state index >= 15 is 0 Å². The molecule has 168 valence electrons. The zero-order chi connectivity index (χ0) is 21.9. The Morgan fingerprint density at radius 2 is 1.87 bits per heavy atom. The molecule has 0 spiro atoms. The van der Waals surface area contributed by atoms with Crippen molar-refractivity contribution in [3.63, 3.8) is 0 Å². The standard InChI is InChI=1S/C25H39NO4/c1-15(26-30-14-23(2,3)29)18-8-9-19-17-7-6-16-12-21(27)22(28)13-25(16,5)20(17)10-11-24(18,19)4/h6-7,18-22,27-29H,8-14H2,1-5H3/t18-,19+,20+,21?,22?,24-,25+/m1/s1. The van der Waals surface area contributed by atoms with Crippen LogP contribution in [-0.4, -0.2) is 45.4 Å². The maximum atomic E-state index is 10.4. The lowest BCUT2D eigenvalue weighted by atomic mass is 9.50. The normalized spacial score (nSPS) is 43.9. The number of hydrogen-bond acceptors (Lipinski definition) is 5. The molecule has 0 aromatic carbocycles. The molecule has 7 atom stereocenters. The van der Waals surface area contributed by atoms with Crippen LogP contribution in [0.4, 0.5) is 0 Å². The van der Waals surface area contributed by atoms with Crippen LogP contribution >= 0.6 is 0 Å². The minimum Gasteiger partial charge on any atom is -0.393 e. The number of fused-ring (bicyclic) bond motifs is 5. The average molecular weight is 418 g/mol. The van der Waals surface area contributed by atoms with E-state index in [1.54, 1.807) is 19.4 Å². The van der Waals surface area contributed by atoms with Gasteiger partial charge in [0, 0.05) is 5.92 Å². The molecule has 4 aliphatic carbocycles. The summed E-state index contributed by atoms with van der Waals surface area (Å²) in [5.74, 6) is 1.38. The molecule has 4 aliphatic rings. The van der Waals surface area contributed by atoms with Gasteiger partial charge in [0.15, 0.2) is 0 Å². The van der Waals surface area contributed by atoms with Gasteiger partial charge in [0.25, 0.3) is 0 Å². The highest BCUT2D eigenvalue weighted by Gasteiger charge is 2.57. The van der Waals surface area contributed by atoms with Gasteiger partial charge in [-0.05, 0) is 82.0 Å². The summed E-state index contributed by atoms with van der Waals surface area (Å²) in [7, 11) is 0. The molecule has 3 fully saturated rings. The Labute approximate surface area is 180 Å². The summed E-state index contributed by atoms with van der Waals surface area (Å²) < 4.78 is 0. The van der Waals surface area contributed by atoms with Crippen molar-refractivity contribution in [2.24, 2.45) is 33.7 Å². The van der Waals surface area contributed by atoms with E-state index in [-0.39, 0.29) is 17.4 Å². The third-order valence-corrected chi connectivity index (χ3v) is 8.73. The molecule has 0 aromatic heterocycles. The van der Waals surface area contributed by atoms with E-state index in [2.05, 4.69) is 38.1 Å².